The maximum atomic E-state index is 4.46. The molecule has 1 aliphatic carbocycles. The zero-order valence-corrected chi connectivity index (χ0v) is 19.6. The largest absolute Gasteiger partial charge is 0.294 e. The van der Waals surface area contributed by atoms with Crippen LogP contribution in [0.15, 0.2) is 54.7 Å². The third kappa shape index (κ3) is 3.47. The van der Waals surface area contributed by atoms with E-state index in [1.54, 1.807) is 0 Å². The first-order valence-corrected chi connectivity index (χ1v) is 13.1. The summed E-state index contributed by atoms with van der Waals surface area (Å²) in [5, 5.41) is 17.4. The number of fused-ring (bicyclic) bond motifs is 3. The van der Waals surface area contributed by atoms with Gasteiger partial charge in [0.15, 0.2) is 0 Å². The van der Waals surface area contributed by atoms with Crippen molar-refractivity contribution in [1.82, 2.24) is 30.1 Å². The summed E-state index contributed by atoms with van der Waals surface area (Å²) in [5.41, 5.74) is 5.18. The molecule has 2 bridgehead atoms. The fourth-order valence-electron chi connectivity index (χ4n) is 7.02. The van der Waals surface area contributed by atoms with Gasteiger partial charge in [0.05, 0.1) is 17.4 Å². The number of hydrogen-bond donors (Lipinski definition) is 1. The first-order chi connectivity index (χ1) is 16.8. The number of rotatable bonds is 4. The Kier molecular flexibility index (Phi) is 5.00. The monoisotopic (exact) mass is 452 g/mol. The van der Waals surface area contributed by atoms with Crippen LogP contribution in [0.4, 0.5) is 0 Å². The van der Waals surface area contributed by atoms with Crippen molar-refractivity contribution >= 4 is 10.9 Å². The van der Waals surface area contributed by atoms with Gasteiger partial charge in [0.1, 0.15) is 11.4 Å². The first kappa shape index (κ1) is 20.4. The Labute approximate surface area is 200 Å². The highest BCUT2D eigenvalue weighted by Crippen LogP contribution is 2.46. The number of hydrogen-bond acceptors (Lipinski definition) is 4. The van der Waals surface area contributed by atoms with Crippen LogP contribution in [0.3, 0.4) is 0 Å². The highest BCUT2D eigenvalue weighted by atomic mass is 15.4. The number of benzene rings is 2. The Bertz CT molecular complexity index is 1270. The lowest BCUT2D eigenvalue weighted by Gasteiger charge is -2.45. The van der Waals surface area contributed by atoms with Gasteiger partial charge in [-0.1, -0.05) is 54.8 Å². The summed E-state index contributed by atoms with van der Waals surface area (Å²) in [5.74, 6) is 0.688. The van der Waals surface area contributed by atoms with E-state index in [0.717, 1.165) is 46.1 Å². The molecule has 3 atom stereocenters. The van der Waals surface area contributed by atoms with Gasteiger partial charge in [0.2, 0.25) is 0 Å². The molecule has 1 N–H and O–H groups in total. The molecule has 7 rings (SSSR count). The molecule has 0 radical (unpaired) electrons. The van der Waals surface area contributed by atoms with Crippen molar-refractivity contribution in [3.8, 4) is 17.1 Å². The Morgan fingerprint density at radius 3 is 2.35 bits per heavy atom. The smallest absolute Gasteiger partial charge is 0.134 e. The van der Waals surface area contributed by atoms with Crippen LogP contribution in [0.1, 0.15) is 69.3 Å². The molecule has 2 aliphatic heterocycles. The lowest BCUT2D eigenvalue weighted by Crippen LogP contribution is -2.49. The van der Waals surface area contributed by atoms with E-state index in [2.05, 4.69) is 55.7 Å². The van der Waals surface area contributed by atoms with E-state index in [0.29, 0.717) is 5.92 Å². The second-order valence-corrected chi connectivity index (χ2v) is 10.6. The minimum atomic E-state index is 0.688. The molecule has 174 valence electrons. The van der Waals surface area contributed by atoms with Crippen LogP contribution in [0.2, 0.25) is 0 Å². The van der Waals surface area contributed by atoms with Gasteiger partial charge in [-0.25, -0.2) is 4.68 Å². The maximum Gasteiger partial charge on any atom is 0.134 e. The zero-order valence-electron chi connectivity index (χ0n) is 19.6. The molecule has 34 heavy (non-hydrogen) atoms. The highest BCUT2D eigenvalue weighted by molar-refractivity contribution is 5.91. The van der Waals surface area contributed by atoms with Gasteiger partial charge in [0, 0.05) is 23.5 Å². The third-order valence-electron chi connectivity index (χ3n) is 8.62. The number of aromatic amines is 1. The second kappa shape index (κ2) is 8.35. The minimum Gasteiger partial charge on any atom is -0.294 e. The van der Waals surface area contributed by atoms with E-state index >= 15 is 0 Å². The topological polar surface area (TPSA) is 62.6 Å². The van der Waals surface area contributed by atoms with E-state index in [9.17, 15) is 0 Å². The van der Waals surface area contributed by atoms with Crippen LogP contribution in [-0.4, -0.2) is 48.2 Å². The van der Waals surface area contributed by atoms with Crippen molar-refractivity contribution < 1.29 is 0 Å². The molecule has 2 saturated heterocycles. The molecule has 4 aromatic rings. The molecule has 3 fully saturated rings. The minimum absolute atomic E-state index is 0.688. The molecule has 3 aliphatic rings. The Balaban J connectivity index is 1.08. The summed E-state index contributed by atoms with van der Waals surface area (Å²) in [4.78, 5) is 2.96. The average Bonchev–Trinajstić information content (AvgIpc) is 3.60. The summed E-state index contributed by atoms with van der Waals surface area (Å²) in [6.45, 7) is 0. The molecule has 0 amide bonds. The van der Waals surface area contributed by atoms with Crippen LogP contribution in [-0.2, 0) is 0 Å². The van der Waals surface area contributed by atoms with Gasteiger partial charge in [-0.2, -0.15) is 5.10 Å². The lowest BCUT2D eigenvalue weighted by atomic mass is 9.82. The van der Waals surface area contributed by atoms with E-state index in [1.165, 1.54) is 63.4 Å². The van der Waals surface area contributed by atoms with Crippen molar-refractivity contribution in [1.29, 1.82) is 0 Å². The highest BCUT2D eigenvalue weighted by Gasteiger charge is 2.44. The molecule has 6 nitrogen and oxygen atoms in total. The van der Waals surface area contributed by atoms with Gasteiger partial charge in [0.25, 0.3) is 0 Å². The first-order valence-electron chi connectivity index (χ1n) is 13.1. The van der Waals surface area contributed by atoms with Gasteiger partial charge in [-0.05, 0) is 68.2 Å². The van der Waals surface area contributed by atoms with Gasteiger partial charge < -0.3 is 0 Å². The molecule has 6 heteroatoms. The van der Waals surface area contributed by atoms with Crippen molar-refractivity contribution in [3.63, 3.8) is 0 Å². The summed E-state index contributed by atoms with van der Waals surface area (Å²) in [6.07, 6.45) is 14.6. The van der Waals surface area contributed by atoms with Crippen molar-refractivity contribution in [3.05, 3.63) is 60.3 Å². The quantitative estimate of drug-likeness (QED) is 0.422. The Morgan fingerprint density at radius 2 is 1.56 bits per heavy atom. The standard InChI is InChI=1S/C28H32N6/c1-2-6-22(7-3-1)34-23-14-15-24(34)17-20(16-23)19-10-12-21(13-11-19)33-18-27(30-32-33)28-25-8-4-5-9-26(25)29-31-28/h4-5,8-13,18,20,22-24H,1-3,6-7,14-17H2,(H,29,31)/t20-,23+,24-. The fourth-order valence-corrected chi connectivity index (χ4v) is 7.02. The van der Waals surface area contributed by atoms with E-state index in [1.807, 2.05) is 29.1 Å². The number of H-pyrrole nitrogens is 1. The number of nitrogens with one attached hydrogen (secondary N) is 1. The predicted molar refractivity (Wildman–Crippen MR) is 134 cm³/mol. The number of nitrogens with zero attached hydrogens (tertiary/aromatic N) is 5. The normalized spacial score (nSPS) is 25.8. The molecule has 1 saturated carbocycles. The summed E-state index contributed by atoms with van der Waals surface area (Å²) < 4.78 is 1.86. The average molecular weight is 453 g/mol. The Hall–Kier alpha value is -2.99. The van der Waals surface area contributed by atoms with Crippen LogP contribution >= 0.6 is 0 Å². The van der Waals surface area contributed by atoms with Crippen LogP contribution in [0.5, 0.6) is 0 Å². The van der Waals surface area contributed by atoms with E-state index in [-0.39, 0.29) is 0 Å². The number of para-hydroxylation sites is 1. The molecule has 2 aromatic heterocycles. The van der Waals surface area contributed by atoms with E-state index < -0.39 is 0 Å². The van der Waals surface area contributed by atoms with Crippen molar-refractivity contribution in [2.75, 3.05) is 0 Å². The molecule has 4 heterocycles. The van der Waals surface area contributed by atoms with Gasteiger partial charge in [-0.3, -0.25) is 10.00 Å². The summed E-state index contributed by atoms with van der Waals surface area (Å²) in [6, 6.07) is 19.6. The van der Waals surface area contributed by atoms with Crippen LogP contribution in [0, 0.1) is 0 Å². The lowest BCUT2D eigenvalue weighted by molar-refractivity contribution is 0.0567. The molecular weight excluding hydrogens is 420 g/mol. The maximum absolute atomic E-state index is 4.46. The molecular formula is C28H32N6. The summed E-state index contributed by atoms with van der Waals surface area (Å²) in [7, 11) is 0. The zero-order chi connectivity index (χ0) is 22.5. The second-order valence-electron chi connectivity index (χ2n) is 10.6. The van der Waals surface area contributed by atoms with E-state index in [4.69, 9.17) is 0 Å². The van der Waals surface area contributed by atoms with Crippen LogP contribution < -0.4 is 0 Å². The van der Waals surface area contributed by atoms with Crippen molar-refractivity contribution in [2.24, 2.45) is 0 Å². The molecule has 0 unspecified atom stereocenters. The number of aromatic nitrogens is 5. The van der Waals surface area contributed by atoms with Gasteiger partial charge in [-0.15, -0.1) is 5.10 Å². The molecule has 2 aromatic carbocycles. The molecule has 0 spiro atoms. The Morgan fingerprint density at radius 1 is 0.794 bits per heavy atom. The number of piperidine rings is 1. The summed E-state index contributed by atoms with van der Waals surface area (Å²) >= 11 is 0. The fraction of sp³-hybridized carbons (Fsp3) is 0.464. The SMILES string of the molecule is c1ccc2c(-c3cn(-c4ccc([C@H]5C[C@H]6CC[C@@H](C5)N6C5CCCCC5)cc4)nn3)n[nH]c2c1. The van der Waals surface area contributed by atoms with Crippen molar-refractivity contribution in [2.45, 2.75) is 81.8 Å². The van der Waals surface area contributed by atoms with Gasteiger partial charge >= 0.3 is 0 Å². The predicted octanol–water partition coefficient (Wildman–Crippen LogP) is 5.85. The third-order valence-corrected chi connectivity index (χ3v) is 8.62. The van der Waals surface area contributed by atoms with Crippen LogP contribution in [0.25, 0.3) is 28.0 Å².